The standard InChI is InChI=1S/C10H13N3O/c11-10(14)13-7-4-9(13)8-2-1-5-12-6-3-8/h1-3,5-6,9,12H,4,7H2,(H2,11,14). The maximum atomic E-state index is 11.0. The molecule has 2 aliphatic heterocycles. The highest BCUT2D eigenvalue weighted by atomic mass is 16.2. The number of likely N-dealkylation sites (tertiary alicyclic amines) is 1. The summed E-state index contributed by atoms with van der Waals surface area (Å²) in [5.74, 6) is 0. The van der Waals surface area contributed by atoms with Gasteiger partial charge in [0.1, 0.15) is 0 Å². The minimum absolute atomic E-state index is 0.160. The molecule has 0 bridgehead atoms. The summed E-state index contributed by atoms with van der Waals surface area (Å²) in [6.45, 7) is 0.766. The number of amides is 2. The minimum atomic E-state index is -0.336. The lowest BCUT2D eigenvalue weighted by Gasteiger charge is -2.40. The van der Waals surface area contributed by atoms with Gasteiger partial charge < -0.3 is 16.0 Å². The van der Waals surface area contributed by atoms with Crippen molar-refractivity contribution in [1.29, 1.82) is 0 Å². The Morgan fingerprint density at radius 2 is 2.43 bits per heavy atom. The summed E-state index contributed by atoms with van der Waals surface area (Å²) < 4.78 is 0. The molecule has 1 fully saturated rings. The molecule has 1 atom stereocenters. The molecule has 2 heterocycles. The molecule has 1 unspecified atom stereocenters. The van der Waals surface area contributed by atoms with Gasteiger partial charge in [-0.1, -0.05) is 6.08 Å². The van der Waals surface area contributed by atoms with Crippen molar-refractivity contribution in [3.8, 4) is 0 Å². The van der Waals surface area contributed by atoms with Gasteiger partial charge in [-0.05, 0) is 24.1 Å². The number of hydrogen-bond acceptors (Lipinski definition) is 2. The van der Waals surface area contributed by atoms with Crippen molar-refractivity contribution in [3.63, 3.8) is 0 Å². The fraction of sp³-hybridized carbons (Fsp3) is 0.300. The number of carbonyl (C=O) groups excluding carboxylic acids is 1. The molecule has 0 aliphatic carbocycles. The molecule has 2 aliphatic rings. The van der Waals surface area contributed by atoms with Crippen molar-refractivity contribution < 1.29 is 4.79 Å². The quantitative estimate of drug-likeness (QED) is 0.641. The van der Waals surface area contributed by atoms with Gasteiger partial charge in [0.05, 0.1) is 6.04 Å². The highest BCUT2D eigenvalue weighted by Crippen LogP contribution is 2.25. The molecular weight excluding hydrogens is 178 g/mol. The van der Waals surface area contributed by atoms with E-state index in [4.69, 9.17) is 5.73 Å². The van der Waals surface area contributed by atoms with Crippen molar-refractivity contribution in [1.82, 2.24) is 10.2 Å². The second kappa shape index (κ2) is 3.57. The van der Waals surface area contributed by atoms with Crippen molar-refractivity contribution in [2.75, 3.05) is 6.54 Å². The largest absolute Gasteiger partial charge is 0.368 e. The number of primary amides is 1. The Morgan fingerprint density at radius 3 is 3.07 bits per heavy atom. The van der Waals surface area contributed by atoms with Crippen molar-refractivity contribution in [2.45, 2.75) is 12.5 Å². The zero-order chi connectivity index (χ0) is 9.97. The first kappa shape index (κ1) is 8.87. The van der Waals surface area contributed by atoms with Gasteiger partial charge in [-0.15, -0.1) is 0 Å². The first-order valence-corrected chi connectivity index (χ1v) is 4.64. The SMILES string of the molecule is NC(=O)N1CCC1C1=CC=CNC=C1. The highest BCUT2D eigenvalue weighted by Gasteiger charge is 2.32. The Labute approximate surface area is 82.8 Å². The van der Waals surface area contributed by atoms with E-state index >= 15 is 0 Å². The minimum Gasteiger partial charge on any atom is -0.368 e. The van der Waals surface area contributed by atoms with Crippen LogP contribution in [0.4, 0.5) is 4.79 Å². The zero-order valence-electron chi connectivity index (χ0n) is 7.81. The van der Waals surface area contributed by atoms with Gasteiger partial charge in [0.25, 0.3) is 0 Å². The van der Waals surface area contributed by atoms with Crippen molar-refractivity contribution in [2.24, 2.45) is 5.73 Å². The number of hydrogen-bond donors (Lipinski definition) is 2. The summed E-state index contributed by atoms with van der Waals surface area (Å²) >= 11 is 0. The number of nitrogens with one attached hydrogen (secondary N) is 1. The van der Waals surface area contributed by atoms with Crippen LogP contribution in [-0.4, -0.2) is 23.5 Å². The summed E-state index contributed by atoms with van der Waals surface area (Å²) in [6, 6.07) is -0.176. The molecule has 3 N–H and O–H groups in total. The van der Waals surface area contributed by atoms with Crippen LogP contribution in [0, 0.1) is 0 Å². The lowest BCUT2D eigenvalue weighted by molar-refractivity contribution is 0.143. The smallest absolute Gasteiger partial charge is 0.315 e. The normalized spacial score (nSPS) is 24.7. The van der Waals surface area contributed by atoms with E-state index in [9.17, 15) is 4.79 Å². The molecule has 4 nitrogen and oxygen atoms in total. The van der Waals surface area contributed by atoms with Crippen LogP contribution < -0.4 is 11.1 Å². The third kappa shape index (κ3) is 1.51. The Hall–Kier alpha value is -1.71. The number of nitrogens with two attached hydrogens (primary N) is 1. The summed E-state index contributed by atoms with van der Waals surface area (Å²) in [5.41, 5.74) is 6.36. The van der Waals surface area contributed by atoms with Crippen LogP contribution in [0.15, 0.2) is 36.2 Å². The Balaban J connectivity index is 2.11. The molecular formula is C10H13N3O. The second-order valence-corrected chi connectivity index (χ2v) is 3.36. The molecule has 0 aromatic heterocycles. The fourth-order valence-corrected chi connectivity index (χ4v) is 1.69. The monoisotopic (exact) mass is 191 g/mol. The third-order valence-electron chi connectivity index (χ3n) is 2.54. The molecule has 0 aromatic rings. The van der Waals surface area contributed by atoms with Gasteiger partial charge in [0.15, 0.2) is 0 Å². The van der Waals surface area contributed by atoms with E-state index in [1.165, 1.54) is 0 Å². The Morgan fingerprint density at radius 1 is 1.57 bits per heavy atom. The molecule has 2 rings (SSSR count). The fourth-order valence-electron chi connectivity index (χ4n) is 1.69. The molecule has 4 heteroatoms. The van der Waals surface area contributed by atoms with E-state index in [0.717, 1.165) is 18.5 Å². The van der Waals surface area contributed by atoms with Gasteiger partial charge in [0, 0.05) is 18.9 Å². The van der Waals surface area contributed by atoms with Crippen LogP contribution in [0.1, 0.15) is 6.42 Å². The van der Waals surface area contributed by atoms with Gasteiger partial charge >= 0.3 is 6.03 Å². The molecule has 0 spiro atoms. The third-order valence-corrected chi connectivity index (χ3v) is 2.54. The lowest BCUT2D eigenvalue weighted by atomic mass is 9.94. The van der Waals surface area contributed by atoms with Crippen LogP contribution in [0.25, 0.3) is 0 Å². The highest BCUT2D eigenvalue weighted by molar-refractivity contribution is 5.74. The number of allylic oxidation sites excluding steroid dienone is 2. The maximum Gasteiger partial charge on any atom is 0.315 e. The Bertz CT molecular complexity index is 330. The molecule has 14 heavy (non-hydrogen) atoms. The van der Waals surface area contributed by atoms with Gasteiger partial charge in [0.2, 0.25) is 0 Å². The molecule has 2 amide bonds. The predicted octanol–water partition coefficient (Wildman–Crippen LogP) is 0.696. The van der Waals surface area contributed by atoms with Gasteiger partial charge in [-0.2, -0.15) is 0 Å². The van der Waals surface area contributed by atoms with Gasteiger partial charge in [-0.25, -0.2) is 4.79 Å². The summed E-state index contributed by atoms with van der Waals surface area (Å²) in [4.78, 5) is 12.7. The van der Waals surface area contributed by atoms with E-state index in [1.54, 1.807) is 4.90 Å². The summed E-state index contributed by atoms with van der Waals surface area (Å²) in [7, 11) is 0. The zero-order valence-corrected chi connectivity index (χ0v) is 7.81. The maximum absolute atomic E-state index is 11.0. The van der Waals surface area contributed by atoms with Crippen LogP contribution in [0.3, 0.4) is 0 Å². The summed E-state index contributed by atoms with van der Waals surface area (Å²) in [6.07, 6.45) is 10.6. The molecule has 74 valence electrons. The van der Waals surface area contributed by atoms with E-state index in [0.29, 0.717) is 0 Å². The van der Waals surface area contributed by atoms with E-state index in [-0.39, 0.29) is 12.1 Å². The van der Waals surface area contributed by atoms with Crippen molar-refractivity contribution >= 4 is 6.03 Å². The first-order chi connectivity index (χ1) is 6.79. The van der Waals surface area contributed by atoms with Gasteiger partial charge in [-0.3, -0.25) is 0 Å². The van der Waals surface area contributed by atoms with E-state index in [1.807, 2.05) is 30.6 Å². The predicted molar refractivity (Wildman–Crippen MR) is 54.2 cm³/mol. The number of urea groups is 1. The van der Waals surface area contributed by atoms with E-state index < -0.39 is 0 Å². The van der Waals surface area contributed by atoms with Crippen LogP contribution in [0.2, 0.25) is 0 Å². The first-order valence-electron chi connectivity index (χ1n) is 4.64. The van der Waals surface area contributed by atoms with Crippen LogP contribution in [-0.2, 0) is 0 Å². The number of carbonyl (C=O) groups is 1. The van der Waals surface area contributed by atoms with E-state index in [2.05, 4.69) is 5.32 Å². The lowest BCUT2D eigenvalue weighted by Crippen LogP contribution is -2.53. The number of rotatable bonds is 1. The topological polar surface area (TPSA) is 58.4 Å². The molecule has 1 saturated heterocycles. The molecule has 0 saturated carbocycles. The molecule has 0 aromatic carbocycles. The number of nitrogens with zero attached hydrogens (tertiary/aromatic N) is 1. The molecule has 0 radical (unpaired) electrons. The van der Waals surface area contributed by atoms with Crippen LogP contribution >= 0.6 is 0 Å². The summed E-state index contributed by atoms with van der Waals surface area (Å²) in [5, 5.41) is 2.98. The average molecular weight is 191 g/mol. The second-order valence-electron chi connectivity index (χ2n) is 3.36. The Kier molecular flexibility index (Phi) is 2.26. The average Bonchev–Trinajstić information content (AvgIpc) is 2.29. The van der Waals surface area contributed by atoms with Crippen LogP contribution in [0.5, 0.6) is 0 Å². The van der Waals surface area contributed by atoms with Crippen molar-refractivity contribution in [3.05, 3.63) is 36.2 Å².